The van der Waals surface area contributed by atoms with Crippen molar-refractivity contribution in [3.8, 4) is 0 Å². The van der Waals surface area contributed by atoms with E-state index in [1.807, 2.05) is 18.5 Å². The average Bonchev–Trinajstić information content (AvgIpc) is 2.87. The molecule has 108 valence electrons. The lowest BCUT2D eigenvalue weighted by Crippen LogP contribution is -2.13. The Balaban J connectivity index is 1.91. The predicted molar refractivity (Wildman–Crippen MR) is 87.3 cm³/mol. The van der Waals surface area contributed by atoms with Gasteiger partial charge in [-0.1, -0.05) is 31.2 Å². The van der Waals surface area contributed by atoms with E-state index >= 15 is 0 Å². The van der Waals surface area contributed by atoms with Crippen molar-refractivity contribution < 1.29 is 0 Å². The van der Waals surface area contributed by atoms with Gasteiger partial charge in [-0.3, -0.25) is 4.98 Å². The zero-order valence-electron chi connectivity index (χ0n) is 12.4. The molecule has 3 nitrogen and oxygen atoms in total. The van der Waals surface area contributed by atoms with E-state index in [4.69, 9.17) is 0 Å². The third kappa shape index (κ3) is 3.14. The molecule has 0 aliphatic heterocycles. The number of nitrogens with zero attached hydrogens (tertiary/aromatic N) is 2. The van der Waals surface area contributed by atoms with Gasteiger partial charge < -0.3 is 9.88 Å². The zero-order valence-corrected chi connectivity index (χ0v) is 12.4. The largest absolute Gasteiger partial charge is 0.343 e. The Bertz CT molecular complexity index is 701. The highest BCUT2D eigenvalue weighted by molar-refractivity contribution is 5.84. The van der Waals surface area contributed by atoms with Gasteiger partial charge >= 0.3 is 0 Å². The molecule has 0 atom stereocenters. The number of rotatable bonds is 6. The van der Waals surface area contributed by atoms with Crippen LogP contribution in [0, 0.1) is 0 Å². The van der Waals surface area contributed by atoms with Crippen molar-refractivity contribution in [2.75, 3.05) is 6.54 Å². The fraction of sp³-hybridized carbons (Fsp3) is 0.278. The lowest BCUT2D eigenvalue weighted by atomic mass is 10.2. The molecule has 1 N–H and O–H groups in total. The van der Waals surface area contributed by atoms with Crippen LogP contribution in [0.4, 0.5) is 0 Å². The molecule has 0 saturated heterocycles. The van der Waals surface area contributed by atoms with Gasteiger partial charge in [0.15, 0.2) is 0 Å². The molecule has 2 aromatic heterocycles. The first-order chi connectivity index (χ1) is 10.4. The number of benzene rings is 1. The summed E-state index contributed by atoms with van der Waals surface area (Å²) in [5.74, 6) is 0. The molecule has 0 unspecified atom stereocenters. The Morgan fingerprint density at radius 1 is 1.14 bits per heavy atom. The minimum Gasteiger partial charge on any atom is -0.343 e. The second kappa shape index (κ2) is 6.55. The summed E-state index contributed by atoms with van der Waals surface area (Å²) in [5.41, 5.74) is 3.88. The molecule has 0 bridgehead atoms. The van der Waals surface area contributed by atoms with E-state index in [9.17, 15) is 0 Å². The van der Waals surface area contributed by atoms with Crippen molar-refractivity contribution in [1.29, 1.82) is 0 Å². The van der Waals surface area contributed by atoms with Crippen molar-refractivity contribution in [3.05, 3.63) is 66.1 Å². The topological polar surface area (TPSA) is 29.9 Å². The highest BCUT2D eigenvalue weighted by atomic mass is 15.0. The van der Waals surface area contributed by atoms with Crippen LogP contribution in [0.1, 0.15) is 24.5 Å². The molecule has 3 heteroatoms. The third-order valence-electron chi connectivity index (χ3n) is 3.69. The summed E-state index contributed by atoms with van der Waals surface area (Å²) in [6.07, 6.45) is 7.18. The number of nitrogens with one attached hydrogen (secondary N) is 1. The monoisotopic (exact) mass is 279 g/mol. The maximum absolute atomic E-state index is 4.20. The molecule has 0 radical (unpaired) electrons. The molecule has 0 fully saturated rings. The number of pyridine rings is 1. The van der Waals surface area contributed by atoms with Crippen LogP contribution in [-0.4, -0.2) is 16.1 Å². The number of fused-ring (bicyclic) bond motifs is 1. The van der Waals surface area contributed by atoms with Crippen LogP contribution in [0.25, 0.3) is 10.9 Å². The molecule has 0 spiro atoms. The van der Waals surface area contributed by atoms with Crippen molar-refractivity contribution >= 4 is 10.9 Å². The number of para-hydroxylation sites is 1. The zero-order chi connectivity index (χ0) is 14.5. The van der Waals surface area contributed by atoms with Crippen LogP contribution in [0.5, 0.6) is 0 Å². The fourth-order valence-corrected chi connectivity index (χ4v) is 2.68. The summed E-state index contributed by atoms with van der Waals surface area (Å²) in [6, 6.07) is 12.7. The summed E-state index contributed by atoms with van der Waals surface area (Å²) < 4.78 is 2.31. The van der Waals surface area contributed by atoms with E-state index in [-0.39, 0.29) is 0 Å². The van der Waals surface area contributed by atoms with Gasteiger partial charge in [0.1, 0.15) is 0 Å². The van der Waals surface area contributed by atoms with Gasteiger partial charge in [-0.2, -0.15) is 0 Å². The number of hydrogen-bond acceptors (Lipinski definition) is 2. The molecule has 21 heavy (non-hydrogen) atoms. The van der Waals surface area contributed by atoms with Gasteiger partial charge in [0.25, 0.3) is 0 Å². The molecule has 0 amide bonds. The molecular weight excluding hydrogens is 258 g/mol. The lowest BCUT2D eigenvalue weighted by Gasteiger charge is -2.04. The summed E-state index contributed by atoms with van der Waals surface area (Å²) in [5, 5.41) is 4.83. The van der Waals surface area contributed by atoms with E-state index in [0.717, 1.165) is 26.1 Å². The summed E-state index contributed by atoms with van der Waals surface area (Å²) in [7, 11) is 0. The van der Waals surface area contributed by atoms with Crippen LogP contribution in [0.3, 0.4) is 0 Å². The number of aromatic nitrogens is 2. The number of hydrogen-bond donors (Lipinski definition) is 1. The summed E-state index contributed by atoms with van der Waals surface area (Å²) >= 11 is 0. The van der Waals surface area contributed by atoms with Crippen LogP contribution >= 0.6 is 0 Å². The lowest BCUT2D eigenvalue weighted by molar-refractivity contribution is 0.675. The molecule has 0 saturated carbocycles. The van der Waals surface area contributed by atoms with E-state index < -0.39 is 0 Å². The van der Waals surface area contributed by atoms with E-state index in [1.165, 1.54) is 22.0 Å². The van der Waals surface area contributed by atoms with Crippen molar-refractivity contribution in [1.82, 2.24) is 14.9 Å². The SMILES string of the molecule is CCCNCc1cn(Cc2cccnc2)c2ccccc12. The Morgan fingerprint density at radius 3 is 2.86 bits per heavy atom. The first kappa shape index (κ1) is 13.8. The van der Waals surface area contributed by atoms with Crippen LogP contribution in [0.15, 0.2) is 55.0 Å². The minimum atomic E-state index is 0.863. The van der Waals surface area contributed by atoms with Gasteiger partial charge in [-0.15, -0.1) is 0 Å². The third-order valence-corrected chi connectivity index (χ3v) is 3.69. The summed E-state index contributed by atoms with van der Waals surface area (Å²) in [6.45, 7) is 5.04. The Kier molecular flexibility index (Phi) is 4.31. The van der Waals surface area contributed by atoms with Gasteiger partial charge in [0.05, 0.1) is 0 Å². The normalized spacial score (nSPS) is 11.1. The smallest absolute Gasteiger partial charge is 0.0491 e. The Labute approximate surface area is 125 Å². The quantitative estimate of drug-likeness (QED) is 0.699. The molecular formula is C18H21N3. The van der Waals surface area contributed by atoms with Crippen molar-refractivity contribution in [3.63, 3.8) is 0 Å². The fourth-order valence-electron chi connectivity index (χ4n) is 2.68. The molecule has 3 rings (SSSR count). The van der Waals surface area contributed by atoms with E-state index in [2.05, 4.69) is 58.3 Å². The Morgan fingerprint density at radius 2 is 2.05 bits per heavy atom. The van der Waals surface area contributed by atoms with Gasteiger partial charge in [0, 0.05) is 42.6 Å². The van der Waals surface area contributed by atoms with Gasteiger partial charge in [0.2, 0.25) is 0 Å². The molecule has 0 aliphatic carbocycles. The molecule has 1 aromatic carbocycles. The molecule has 0 aliphatic rings. The van der Waals surface area contributed by atoms with Crippen LogP contribution in [0.2, 0.25) is 0 Å². The second-order valence-corrected chi connectivity index (χ2v) is 5.34. The minimum absolute atomic E-state index is 0.863. The van der Waals surface area contributed by atoms with Crippen LogP contribution < -0.4 is 5.32 Å². The van der Waals surface area contributed by atoms with E-state index in [0.29, 0.717) is 0 Å². The average molecular weight is 279 g/mol. The second-order valence-electron chi connectivity index (χ2n) is 5.34. The maximum atomic E-state index is 4.20. The van der Waals surface area contributed by atoms with Crippen molar-refractivity contribution in [2.45, 2.75) is 26.4 Å². The van der Waals surface area contributed by atoms with Crippen LogP contribution in [-0.2, 0) is 13.1 Å². The first-order valence-corrected chi connectivity index (χ1v) is 7.55. The van der Waals surface area contributed by atoms with Gasteiger partial charge in [-0.25, -0.2) is 0 Å². The standard InChI is InChI=1S/C18H21N3/c1-2-9-19-12-16-14-21(13-15-6-5-10-20-11-15)18-8-4-3-7-17(16)18/h3-8,10-11,14,19H,2,9,12-13H2,1H3. The highest BCUT2D eigenvalue weighted by Gasteiger charge is 2.08. The Hall–Kier alpha value is -2.13. The molecule has 2 heterocycles. The first-order valence-electron chi connectivity index (χ1n) is 7.55. The molecule has 3 aromatic rings. The van der Waals surface area contributed by atoms with E-state index in [1.54, 1.807) is 0 Å². The highest BCUT2D eigenvalue weighted by Crippen LogP contribution is 2.22. The summed E-state index contributed by atoms with van der Waals surface area (Å²) in [4.78, 5) is 4.20. The van der Waals surface area contributed by atoms with Gasteiger partial charge in [-0.05, 0) is 36.2 Å². The predicted octanol–water partition coefficient (Wildman–Crippen LogP) is 3.58. The maximum Gasteiger partial charge on any atom is 0.0491 e. The van der Waals surface area contributed by atoms with Crippen molar-refractivity contribution in [2.24, 2.45) is 0 Å².